The minimum atomic E-state index is 0.0361. The first-order valence-electron chi connectivity index (χ1n) is 7.67. The highest BCUT2D eigenvalue weighted by molar-refractivity contribution is 5.26. The Labute approximate surface area is 122 Å². The van der Waals surface area contributed by atoms with E-state index >= 15 is 0 Å². The first-order chi connectivity index (χ1) is 9.44. The Balaban J connectivity index is 1.82. The summed E-state index contributed by atoms with van der Waals surface area (Å²) in [4.78, 5) is 0. The van der Waals surface area contributed by atoms with E-state index in [9.17, 15) is 0 Å². The number of hydrogen-bond acceptors (Lipinski definition) is 2. The number of ether oxygens (including phenoxy) is 2. The summed E-state index contributed by atoms with van der Waals surface area (Å²) in [5.74, 6) is 0.955. The molecule has 20 heavy (non-hydrogen) atoms. The van der Waals surface area contributed by atoms with Gasteiger partial charge in [0.2, 0.25) is 0 Å². The predicted octanol–water partition coefficient (Wildman–Crippen LogP) is 2.49. The SMILES string of the molecule is CC(C)Oc1ccc(C[NH2+][C@H]2CCOC(C)(C)C2)cc1. The Morgan fingerprint density at radius 3 is 2.60 bits per heavy atom. The van der Waals surface area contributed by atoms with Crippen LogP contribution < -0.4 is 10.1 Å². The van der Waals surface area contributed by atoms with Crippen LogP contribution in [0.2, 0.25) is 0 Å². The van der Waals surface area contributed by atoms with E-state index in [0.29, 0.717) is 6.04 Å². The Morgan fingerprint density at radius 1 is 1.30 bits per heavy atom. The van der Waals surface area contributed by atoms with Crippen molar-refractivity contribution in [3.63, 3.8) is 0 Å². The molecule has 3 nitrogen and oxygen atoms in total. The maximum Gasteiger partial charge on any atom is 0.119 e. The fourth-order valence-corrected chi connectivity index (χ4v) is 2.76. The molecule has 0 aromatic heterocycles. The van der Waals surface area contributed by atoms with Crippen LogP contribution in [0.15, 0.2) is 24.3 Å². The Morgan fingerprint density at radius 2 is 2.00 bits per heavy atom. The fraction of sp³-hybridized carbons (Fsp3) is 0.647. The van der Waals surface area contributed by atoms with E-state index in [1.54, 1.807) is 0 Å². The van der Waals surface area contributed by atoms with E-state index in [2.05, 4.69) is 57.3 Å². The van der Waals surface area contributed by atoms with Crippen molar-refractivity contribution in [1.82, 2.24) is 0 Å². The second-order valence-corrected chi connectivity index (χ2v) is 6.61. The number of quaternary nitrogens is 1. The highest BCUT2D eigenvalue weighted by Gasteiger charge is 2.30. The van der Waals surface area contributed by atoms with Crippen LogP contribution in [0.1, 0.15) is 46.1 Å². The molecule has 0 saturated carbocycles. The lowest BCUT2D eigenvalue weighted by atomic mass is 9.94. The van der Waals surface area contributed by atoms with Gasteiger partial charge in [-0.3, -0.25) is 0 Å². The zero-order valence-electron chi connectivity index (χ0n) is 13.2. The molecule has 0 radical (unpaired) electrons. The normalized spacial score (nSPS) is 21.9. The van der Waals surface area contributed by atoms with Gasteiger partial charge in [0, 0.05) is 18.4 Å². The van der Waals surface area contributed by atoms with Gasteiger partial charge < -0.3 is 14.8 Å². The lowest BCUT2D eigenvalue weighted by Gasteiger charge is -2.34. The lowest BCUT2D eigenvalue weighted by Crippen LogP contribution is -2.89. The van der Waals surface area contributed by atoms with Crippen LogP contribution >= 0.6 is 0 Å². The molecule has 1 fully saturated rings. The van der Waals surface area contributed by atoms with Gasteiger partial charge in [0.1, 0.15) is 12.3 Å². The van der Waals surface area contributed by atoms with Gasteiger partial charge in [0.15, 0.2) is 0 Å². The van der Waals surface area contributed by atoms with E-state index in [1.165, 1.54) is 5.56 Å². The third kappa shape index (κ3) is 4.80. The van der Waals surface area contributed by atoms with Crippen LogP contribution in [-0.4, -0.2) is 24.4 Å². The number of hydrogen-bond donors (Lipinski definition) is 1. The molecule has 1 saturated heterocycles. The Bertz CT molecular complexity index is 412. The monoisotopic (exact) mass is 278 g/mol. The van der Waals surface area contributed by atoms with Crippen molar-refractivity contribution in [2.75, 3.05) is 6.61 Å². The van der Waals surface area contributed by atoms with Gasteiger partial charge in [0.25, 0.3) is 0 Å². The largest absolute Gasteiger partial charge is 0.491 e. The van der Waals surface area contributed by atoms with Crippen LogP contribution in [0.3, 0.4) is 0 Å². The molecule has 0 bridgehead atoms. The molecule has 1 aromatic rings. The molecular weight excluding hydrogens is 250 g/mol. The third-order valence-corrected chi connectivity index (χ3v) is 3.72. The van der Waals surface area contributed by atoms with Gasteiger partial charge in [0.05, 0.1) is 24.4 Å². The zero-order chi connectivity index (χ0) is 14.6. The summed E-state index contributed by atoms with van der Waals surface area (Å²) in [6.07, 6.45) is 2.51. The Kier molecular flexibility index (Phi) is 5.06. The summed E-state index contributed by atoms with van der Waals surface area (Å²) in [7, 11) is 0. The summed E-state index contributed by atoms with van der Waals surface area (Å²) in [5, 5.41) is 2.45. The summed E-state index contributed by atoms with van der Waals surface area (Å²) in [5.41, 5.74) is 1.39. The minimum absolute atomic E-state index is 0.0361. The molecule has 0 spiro atoms. The van der Waals surface area contributed by atoms with Crippen LogP contribution in [0.5, 0.6) is 5.75 Å². The second-order valence-electron chi connectivity index (χ2n) is 6.61. The smallest absolute Gasteiger partial charge is 0.119 e. The van der Waals surface area contributed by atoms with E-state index in [1.807, 2.05) is 0 Å². The van der Waals surface area contributed by atoms with Gasteiger partial charge in [-0.2, -0.15) is 0 Å². The first-order valence-corrected chi connectivity index (χ1v) is 7.67. The van der Waals surface area contributed by atoms with E-state index < -0.39 is 0 Å². The molecule has 1 atom stereocenters. The number of rotatable bonds is 5. The summed E-state index contributed by atoms with van der Waals surface area (Å²) < 4.78 is 11.4. The van der Waals surface area contributed by atoms with Crippen molar-refractivity contribution in [2.45, 2.75) is 64.8 Å². The average molecular weight is 278 g/mol. The standard InChI is InChI=1S/C17H27NO2/c1-13(2)20-16-7-5-14(6-8-16)12-18-15-9-10-19-17(3,4)11-15/h5-8,13,15,18H,9-12H2,1-4H3/p+1/t15-/m0/s1. The summed E-state index contributed by atoms with van der Waals surface area (Å²) in [6.45, 7) is 10.4. The van der Waals surface area contributed by atoms with Gasteiger partial charge >= 0.3 is 0 Å². The number of nitrogens with two attached hydrogens (primary N) is 1. The predicted molar refractivity (Wildman–Crippen MR) is 80.9 cm³/mol. The third-order valence-electron chi connectivity index (χ3n) is 3.72. The molecule has 0 amide bonds. The topological polar surface area (TPSA) is 35.1 Å². The first kappa shape index (κ1) is 15.3. The molecule has 1 aromatic carbocycles. The van der Waals surface area contributed by atoms with Crippen molar-refractivity contribution in [2.24, 2.45) is 0 Å². The van der Waals surface area contributed by atoms with Gasteiger partial charge in [-0.1, -0.05) is 0 Å². The van der Waals surface area contributed by atoms with E-state index in [0.717, 1.165) is 31.7 Å². The minimum Gasteiger partial charge on any atom is -0.491 e. The van der Waals surface area contributed by atoms with Crippen LogP contribution in [0.25, 0.3) is 0 Å². The molecule has 1 aliphatic rings. The van der Waals surface area contributed by atoms with Crippen molar-refractivity contribution in [3.8, 4) is 5.75 Å². The summed E-state index contributed by atoms with van der Waals surface area (Å²) in [6, 6.07) is 9.14. The molecule has 2 rings (SSSR count). The molecule has 0 aliphatic carbocycles. The van der Waals surface area contributed by atoms with Crippen LogP contribution in [-0.2, 0) is 11.3 Å². The van der Waals surface area contributed by atoms with Crippen molar-refractivity contribution in [3.05, 3.63) is 29.8 Å². The van der Waals surface area contributed by atoms with Crippen LogP contribution in [0, 0.1) is 0 Å². The maximum absolute atomic E-state index is 5.76. The van der Waals surface area contributed by atoms with Crippen molar-refractivity contribution >= 4 is 0 Å². The molecule has 1 aliphatic heterocycles. The molecule has 1 heterocycles. The molecule has 112 valence electrons. The fourth-order valence-electron chi connectivity index (χ4n) is 2.76. The highest BCUT2D eigenvalue weighted by Crippen LogP contribution is 2.22. The molecular formula is C17H28NO2+. The van der Waals surface area contributed by atoms with E-state index in [-0.39, 0.29) is 11.7 Å². The van der Waals surface area contributed by atoms with E-state index in [4.69, 9.17) is 9.47 Å². The van der Waals surface area contributed by atoms with Crippen LogP contribution in [0.4, 0.5) is 0 Å². The van der Waals surface area contributed by atoms with Crippen molar-refractivity contribution < 1.29 is 14.8 Å². The second kappa shape index (κ2) is 6.59. The lowest BCUT2D eigenvalue weighted by molar-refractivity contribution is -0.709. The Hall–Kier alpha value is -1.06. The van der Waals surface area contributed by atoms with Gasteiger partial charge in [-0.25, -0.2) is 0 Å². The summed E-state index contributed by atoms with van der Waals surface area (Å²) >= 11 is 0. The van der Waals surface area contributed by atoms with Crippen molar-refractivity contribution in [1.29, 1.82) is 0 Å². The number of benzene rings is 1. The average Bonchev–Trinajstić information content (AvgIpc) is 2.36. The van der Waals surface area contributed by atoms with Gasteiger partial charge in [-0.05, 0) is 52.0 Å². The highest BCUT2D eigenvalue weighted by atomic mass is 16.5. The molecule has 2 N–H and O–H groups in total. The maximum atomic E-state index is 5.76. The quantitative estimate of drug-likeness (QED) is 0.898. The molecule has 3 heteroatoms. The zero-order valence-corrected chi connectivity index (χ0v) is 13.2. The van der Waals surface area contributed by atoms with Gasteiger partial charge in [-0.15, -0.1) is 0 Å². The molecule has 0 unspecified atom stereocenters.